The molecule has 2 amide bonds. The molecule has 2 aromatic rings. The molecule has 0 spiro atoms. The summed E-state index contributed by atoms with van der Waals surface area (Å²) in [7, 11) is 0. The van der Waals surface area contributed by atoms with E-state index in [1.54, 1.807) is 4.90 Å². The van der Waals surface area contributed by atoms with Crippen LogP contribution in [0.15, 0.2) is 34.7 Å². The zero-order chi connectivity index (χ0) is 18.7. The number of carbonyl (C=O) groups excluding carboxylic acids is 2. The lowest BCUT2D eigenvalue weighted by Crippen LogP contribution is -2.45. The van der Waals surface area contributed by atoms with E-state index in [-0.39, 0.29) is 17.7 Å². The van der Waals surface area contributed by atoms with Gasteiger partial charge in [-0.3, -0.25) is 9.59 Å². The number of hydrogen-bond donors (Lipinski definition) is 1. The van der Waals surface area contributed by atoms with Crippen molar-refractivity contribution in [3.63, 3.8) is 0 Å². The molecule has 1 atom stereocenters. The van der Waals surface area contributed by atoms with Gasteiger partial charge in [0.25, 0.3) is 5.91 Å². The van der Waals surface area contributed by atoms with Crippen LogP contribution in [-0.2, 0) is 11.3 Å². The van der Waals surface area contributed by atoms with E-state index in [1.165, 1.54) is 0 Å². The van der Waals surface area contributed by atoms with E-state index in [1.807, 2.05) is 45.0 Å². The maximum Gasteiger partial charge on any atom is 0.253 e. The Balaban J connectivity index is 1.61. The Bertz CT molecular complexity index is 789. The van der Waals surface area contributed by atoms with Gasteiger partial charge < -0.3 is 14.6 Å². The second kappa shape index (κ2) is 7.77. The first-order valence-corrected chi connectivity index (χ1v) is 9.13. The van der Waals surface area contributed by atoms with Crippen molar-refractivity contribution in [2.24, 2.45) is 5.92 Å². The van der Waals surface area contributed by atoms with Gasteiger partial charge in [0.15, 0.2) is 0 Å². The Labute approximate surface area is 154 Å². The molecule has 1 aliphatic rings. The molecule has 1 aromatic heterocycles. The van der Waals surface area contributed by atoms with Gasteiger partial charge in [-0.1, -0.05) is 17.2 Å². The van der Waals surface area contributed by atoms with Crippen LogP contribution in [0, 0.1) is 26.7 Å². The molecule has 138 valence electrons. The van der Waals surface area contributed by atoms with Crippen LogP contribution in [-0.4, -0.2) is 29.8 Å². The Morgan fingerprint density at radius 1 is 1.15 bits per heavy atom. The molecule has 1 aromatic carbocycles. The fourth-order valence-corrected chi connectivity index (χ4v) is 3.56. The van der Waals surface area contributed by atoms with Gasteiger partial charge in [0.1, 0.15) is 11.5 Å². The minimum absolute atomic E-state index is 0.0101. The monoisotopic (exact) mass is 354 g/mol. The van der Waals surface area contributed by atoms with Crippen molar-refractivity contribution in [2.45, 2.75) is 40.2 Å². The molecule has 1 N–H and O–H groups in total. The highest BCUT2D eigenvalue weighted by Crippen LogP contribution is 2.20. The van der Waals surface area contributed by atoms with Gasteiger partial charge in [-0.05, 0) is 57.9 Å². The van der Waals surface area contributed by atoms with E-state index in [0.717, 1.165) is 35.5 Å². The molecule has 0 radical (unpaired) electrons. The van der Waals surface area contributed by atoms with Gasteiger partial charge in [0, 0.05) is 18.7 Å². The molecule has 0 saturated carbocycles. The normalized spacial score (nSPS) is 17.2. The van der Waals surface area contributed by atoms with E-state index in [4.69, 9.17) is 4.42 Å². The van der Waals surface area contributed by atoms with Crippen LogP contribution in [0.1, 0.15) is 45.8 Å². The van der Waals surface area contributed by atoms with Crippen molar-refractivity contribution in [3.05, 3.63) is 58.5 Å². The van der Waals surface area contributed by atoms with Crippen LogP contribution in [0.25, 0.3) is 0 Å². The van der Waals surface area contributed by atoms with Crippen molar-refractivity contribution in [1.82, 2.24) is 10.2 Å². The Morgan fingerprint density at radius 3 is 2.54 bits per heavy atom. The van der Waals surface area contributed by atoms with Gasteiger partial charge in [-0.25, -0.2) is 0 Å². The fourth-order valence-electron chi connectivity index (χ4n) is 3.56. The first kappa shape index (κ1) is 18.2. The lowest BCUT2D eigenvalue weighted by atomic mass is 9.96. The number of furan rings is 1. The van der Waals surface area contributed by atoms with Crippen LogP contribution >= 0.6 is 0 Å². The van der Waals surface area contributed by atoms with E-state index in [0.29, 0.717) is 25.2 Å². The number of rotatable bonds is 4. The molecular formula is C21H26N2O3. The number of carbonyl (C=O) groups is 2. The SMILES string of the molecule is Cc1cc(C)cc(C(=O)N2CCC[C@H](C(=O)NCc3ccc(C)o3)C2)c1. The molecule has 26 heavy (non-hydrogen) atoms. The highest BCUT2D eigenvalue weighted by atomic mass is 16.3. The summed E-state index contributed by atoms with van der Waals surface area (Å²) in [5.74, 6) is 1.40. The van der Waals surface area contributed by atoms with Crippen LogP contribution in [0.5, 0.6) is 0 Å². The number of piperidine rings is 1. The average Bonchev–Trinajstić information content (AvgIpc) is 3.03. The van der Waals surface area contributed by atoms with Crippen molar-refractivity contribution in [1.29, 1.82) is 0 Å². The third kappa shape index (κ3) is 4.34. The van der Waals surface area contributed by atoms with Crippen LogP contribution in [0.2, 0.25) is 0 Å². The smallest absolute Gasteiger partial charge is 0.253 e. The lowest BCUT2D eigenvalue weighted by molar-refractivity contribution is -0.126. The molecular weight excluding hydrogens is 328 g/mol. The summed E-state index contributed by atoms with van der Waals surface area (Å²) in [6.45, 7) is 7.41. The second-order valence-electron chi connectivity index (χ2n) is 7.20. The zero-order valence-corrected chi connectivity index (χ0v) is 15.7. The molecule has 1 saturated heterocycles. The van der Waals surface area contributed by atoms with Crippen molar-refractivity contribution < 1.29 is 14.0 Å². The van der Waals surface area contributed by atoms with E-state index >= 15 is 0 Å². The zero-order valence-electron chi connectivity index (χ0n) is 15.7. The first-order valence-electron chi connectivity index (χ1n) is 9.13. The Kier molecular flexibility index (Phi) is 5.45. The third-order valence-corrected chi connectivity index (χ3v) is 4.78. The van der Waals surface area contributed by atoms with E-state index < -0.39 is 0 Å². The predicted octanol–water partition coefficient (Wildman–Crippen LogP) is 3.37. The standard InChI is InChI=1S/C21H26N2O3/c1-14-9-15(2)11-18(10-14)21(25)23-8-4-5-17(13-23)20(24)22-12-19-7-6-16(3)26-19/h6-7,9-11,17H,4-5,8,12-13H2,1-3H3,(H,22,24)/t17-/m0/s1. The van der Waals surface area contributed by atoms with Crippen molar-refractivity contribution in [2.75, 3.05) is 13.1 Å². The number of hydrogen-bond acceptors (Lipinski definition) is 3. The first-order chi connectivity index (χ1) is 12.4. The predicted molar refractivity (Wildman–Crippen MR) is 99.8 cm³/mol. The summed E-state index contributed by atoms with van der Waals surface area (Å²) in [6, 6.07) is 9.63. The van der Waals surface area contributed by atoms with E-state index in [9.17, 15) is 9.59 Å². The van der Waals surface area contributed by atoms with Gasteiger partial charge in [0.05, 0.1) is 12.5 Å². The summed E-state index contributed by atoms with van der Waals surface area (Å²) in [6.07, 6.45) is 1.65. The molecule has 3 rings (SSSR count). The molecule has 5 heteroatoms. The second-order valence-corrected chi connectivity index (χ2v) is 7.20. The topological polar surface area (TPSA) is 62.6 Å². The van der Waals surface area contributed by atoms with Crippen LogP contribution < -0.4 is 5.32 Å². The number of benzene rings is 1. The summed E-state index contributed by atoms with van der Waals surface area (Å²) < 4.78 is 5.48. The molecule has 0 unspecified atom stereocenters. The third-order valence-electron chi connectivity index (χ3n) is 4.78. The molecule has 1 fully saturated rings. The largest absolute Gasteiger partial charge is 0.465 e. The van der Waals surface area contributed by atoms with Crippen molar-refractivity contribution >= 4 is 11.8 Å². The maximum absolute atomic E-state index is 12.8. The van der Waals surface area contributed by atoms with Crippen LogP contribution in [0.4, 0.5) is 0 Å². The highest BCUT2D eigenvalue weighted by Gasteiger charge is 2.29. The number of amides is 2. The van der Waals surface area contributed by atoms with Gasteiger partial charge in [0.2, 0.25) is 5.91 Å². The molecule has 1 aliphatic heterocycles. The fraction of sp³-hybridized carbons (Fsp3) is 0.429. The quantitative estimate of drug-likeness (QED) is 0.916. The minimum Gasteiger partial charge on any atom is -0.465 e. The van der Waals surface area contributed by atoms with Gasteiger partial charge in [-0.2, -0.15) is 0 Å². The number of nitrogens with zero attached hydrogens (tertiary/aromatic N) is 1. The van der Waals surface area contributed by atoms with Gasteiger partial charge in [-0.15, -0.1) is 0 Å². The molecule has 2 heterocycles. The number of likely N-dealkylation sites (tertiary alicyclic amines) is 1. The minimum atomic E-state index is -0.172. The van der Waals surface area contributed by atoms with Crippen LogP contribution in [0.3, 0.4) is 0 Å². The highest BCUT2D eigenvalue weighted by molar-refractivity contribution is 5.95. The summed E-state index contributed by atoms with van der Waals surface area (Å²) in [5, 5.41) is 2.93. The summed E-state index contributed by atoms with van der Waals surface area (Å²) in [4.78, 5) is 27.1. The maximum atomic E-state index is 12.8. The summed E-state index contributed by atoms with van der Waals surface area (Å²) in [5.41, 5.74) is 2.86. The Hall–Kier alpha value is -2.56. The Morgan fingerprint density at radius 2 is 1.88 bits per heavy atom. The average molecular weight is 354 g/mol. The van der Waals surface area contributed by atoms with Gasteiger partial charge >= 0.3 is 0 Å². The number of nitrogens with one attached hydrogen (secondary N) is 1. The molecule has 0 bridgehead atoms. The van der Waals surface area contributed by atoms with E-state index in [2.05, 4.69) is 11.4 Å². The molecule has 5 nitrogen and oxygen atoms in total. The lowest BCUT2D eigenvalue weighted by Gasteiger charge is -2.32. The number of aryl methyl sites for hydroxylation is 3. The van der Waals surface area contributed by atoms with Crippen molar-refractivity contribution in [3.8, 4) is 0 Å². The molecule has 0 aliphatic carbocycles. The summed E-state index contributed by atoms with van der Waals surface area (Å²) >= 11 is 0.